The number of carbonyl (C=O) groups is 1. The first-order valence-electron chi connectivity index (χ1n) is 8.41. The summed E-state index contributed by atoms with van der Waals surface area (Å²) in [4.78, 5) is 12.5. The van der Waals surface area contributed by atoms with Crippen molar-refractivity contribution in [2.75, 3.05) is 7.11 Å². The summed E-state index contributed by atoms with van der Waals surface area (Å²) in [7, 11) is 1.50. The second kappa shape index (κ2) is 10.5. The zero-order chi connectivity index (χ0) is 19.1. The van der Waals surface area contributed by atoms with E-state index in [9.17, 15) is 4.79 Å². The monoisotopic (exact) mass is 391 g/mol. The van der Waals surface area contributed by atoms with E-state index in [-0.39, 0.29) is 30.3 Å². The summed E-state index contributed by atoms with van der Waals surface area (Å²) in [6, 6.07) is 14.5. The van der Waals surface area contributed by atoms with E-state index in [0.29, 0.717) is 12.1 Å². The Balaban J connectivity index is 0.00000364. The van der Waals surface area contributed by atoms with Crippen molar-refractivity contribution in [2.24, 2.45) is 5.73 Å². The first-order valence-corrected chi connectivity index (χ1v) is 8.41. The van der Waals surface area contributed by atoms with Crippen LogP contribution in [-0.4, -0.2) is 25.0 Å². The van der Waals surface area contributed by atoms with Crippen LogP contribution in [-0.2, 0) is 16.1 Å². The minimum absolute atomic E-state index is 0. The minimum Gasteiger partial charge on any atom is -0.491 e. The molecule has 6 nitrogen and oxygen atoms in total. The van der Waals surface area contributed by atoms with E-state index in [0.717, 1.165) is 16.9 Å². The smallest absolute Gasteiger partial charge is 0.254 e. The third-order valence-corrected chi connectivity index (χ3v) is 3.76. The molecule has 27 heavy (non-hydrogen) atoms. The number of rotatable bonds is 8. The van der Waals surface area contributed by atoms with Crippen LogP contribution in [0.5, 0.6) is 5.75 Å². The average Bonchev–Trinajstić information content (AvgIpc) is 2.62. The third kappa shape index (κ3) is 6.58. The van der Waals surface area contributed by atoms with Gasteiger partial charge in [-0.1, -0.05) is 36.4 Å². The number of carbonyl (C=O) groups excluding carboxylic acids is 1. The Morgan fingerprint density at radius 1 is 1.11 bits per heavy atom. The molecule has 146 valence electrons. The van der Waals surface area contributed by atoms with E-state index in [2.05, 4.69) is 5.32 Å². The lowest BCUT2D eigenvalue weighted by atomic mass is 10.1. The molecule has 0 bridgehead atoms. The molecule has 0 radical (unpaired) electrons. The largest absolute Gasteiger partial charge is 0.491 e. The molecular formula is C20H26ClN3O3. The molecule has 0 aliphatic rings. The first kappa shape index (κ1) is 22.5. The Bertz CT molecular complexity index is 746. The summed E-state index contributed by atoms with van der Waals surface area (Å²) in [5, 5.41) is 10.3. The molecule has 2 aromatic carbocycles. The van der Waals surface area contributed by atoms with Crippen LogP contribution < -0.4 is 15.8 Å². The maximum Gasteiger partial charge on any atom is 0.254 e. The zero-order valence-corrected chi connectivity index (χ0v) is 16.5. The van der Waals surface area contributed by atoms with Gasteiger partial charge in [0.25, 0.3) is 5.91 Å². The van der Waals surface area contributed by atoms with Crippen molar-refractivity contribution in [1.29, 1.82) is 5.41 Å². The third-order valence-electron chi connectivity index (χ3n) is 3.76. The summed E-state index contributed by atoms with van der Waals surface area (Å²) in [5.74, 6) is 0.551. The quantitative estimate of drug-likeness (QED) is 0.475. The molecule has 0 aliphatic carbocycles. The second-order valence-corrected chi connectivity index (χ2v) is 6.18. The van der Waals surface area contributed by atoms with Crippen molar-refractivity contribution in [3.63, 3.8) is 0 Å². The van der Waals surface area contributed by atoms with E-state index in [1.807, 2.05) is 50.2 Å². The molecule has 0 saturated heterocycles. The lowest BCUT2D eigenvalue weighted by molar-refractivity contribution is -0.131. The number of hydrogen-bond acceptors (Lipinski definition) is 4. The summed E-state index contributed by atoms with van der Waals surface area (Å²) in [5.41, 5.74) is 7.76. The predicted molar refractivity (Wildman–Crippen MR) is 109 cm³/mol. The van der Waals surface area contributed by atoms with Crippen LogP contribution in [0.2, 0.25) is 0 Å². The lowest BCUT2D eigenvalue weighted by Crippen LogP contribution is -2.30. The highest BCUT2D eigenvalue weighted by Crippen LogP contribution is 2.21. The summed E-state index contributed by atoms with van der Waals surface area (Å²) >= 11 is 0. The molecule has 1 amide bonds. The number of halogens is 1. The van der Waals surface area contributed by atoms with Gasteiger partial charge in [-0.05, 0) is 37.1 Å². The number of amides is 1. The van der Waals surface area contributed by atoms with Gasteiger partial charge in [0.2, 0.25) is 0 Å². The van der Waals surface area contributed by atoms with Crippen molar-refractivity contribution in [3.8, 4) is 5.75 Å². The molecule has 0 heterocycles. The van der Waals surface area contributed by atoms with Crippen molar-refractivity contribution in [2.45, 2.75) is 32.6 Å². The van der Waals surface area contributed by atoms with Crippen molar-refractivity contribution in [3.05, 3.63) is 65.2 Å². The Kier molecular flexibility index (Phi) is 8.78. The number of amidine groups is 1. The molecule has 4 N–H and O–H groups in total. The molecule has 2 aromatic rings. The fourth-order valence-corrected chi connectivity index (χ4v) is 2.47. The molecule has 0 unspecified atom stereocenters. The highest BCUT2D eigenvalue weighted by Gasteiger charge is 2.19. The van der Waals surface area contributed by atoms with Gasteiger partial charge in [-0.25, -0.2) is 0 Å². The molecule has 0 saturated carbocycles. The van der Waals surface area contributed by atoms with Crippen LogP contribution in [0.4, 0.5) is 0 Å². The number of hydrogen-bond donors (Lipinski definition) is 3. The molecule has 0 aliphatic heterocycles. The van der Waals surface area contributed by atoms with Gasteiger partial charge in [-0.15, -0.1) is 12.4 Å². The predicted octanol–water partition coefficient (Wildman–Crippen LogP) is 3.18. The average molecular weight is 392 g/mol. The molecule has 0 fully saturated rings. The fraction of sp³-hybridized carbons (Fsp3) is 0.300. The molecule has 0 aromatic heterocycles. The topological polar surface area (TPSA) is 97.4 Å². The van der Waals surface area contributed by atoms with Crippen LogP contribution in [0.3, 0.4) is 0 Å². The Hall–Kier alpha value is -2.57. The molecule has 1 atom stereocenters. The number of benzene rings is 2. The SMILES string of the molecule is CO[C@H](C(=O)NCc1ccc(C(=N)N)cc1)c1ccc(OC(C)C)cc1.Cl. The van der Waals surface area contributed by atoms with E-state index in [1.165, 1.54) is 7.11 Å². The number of nitrogens with two attached hydrogens (primary N) is 1. The number of methoxy groups -OCH3 is 1. The van der Waals surface area contributed by atoms with Crippen LogP contribution >= 0.6 is 12.4 Å². The Morgan fingerprint density at radius 2 is 1.70 bits per heavy atom. The number of nitrogens with one attached hydrogen (secondary N) is 2. The fourth-order valence-electron chi connectivity index (χ4n) is 2.47. The van der Waals surface area contributed by atoms with Gasteiger partial charge < -0.3 is 20.5 Å². The minimum atomic E-state index is -0.695. The van der Waals surface area contributed by atoms with Gasteiger partial charge in [0.1, 0.15) is 11.6 Å². The van der Waals surface area contributed by atoms with Gasteiger partial charge >= 0.3 is 0 Å². The maximum atomic E-state index is 12.5. The second-order valence-electron chi connectivity index (χ2n) is 6.18. The summed E-state index contributed by atoms with van der Waals surface area (Å²) in [6.07, 6.45) is -0.601. The van der Waals surface area contributed by atoms with E-state index >= 15 is 0 Å². The highest BCUT2D eigenvalue weighted by molar-refractivity contribution is 5.94. The molecular weight excluding hydrogens is 366 g/mol. The van der Waals surface area contributed by atoms with E-state index in [1.54, 1.807) is 12.1 Å². The Morgan fingerprint density at radius 3 is 2.19 bits per heavy atom. The zero-order valence-electron chi connectivity index (χ0n) is 15.7. The van der Waals surface area contributed by atoms with Gasteiger partial charge in [0, 0.05) is 19.2 Å². The maximum absolute atomic E-state index is 12.5. The van der Waals surface area contributed by atoms with Gasteiger partial charge in [0.05, 0.1) is 6.10 Å². The van der Waals surface area contributed by atoms with E-state index in [4.69, 9.17) is 20.6 Å². The normalized spacial score (nSPS) is 11.4. The van der Waals surface area contributed by atoms with Crippen LogP contribution in [0.1, 0.15) is 36.6 Å². The van der Waals surface area contributed by atoms with E-state index < -0.39 is 6.10 Å². The number of nitrogen functional groups attached to an aromatic ring is 1. The van der Waals surface area contributed by atoms with Crippen LogP contribution in [0.25, 0.3) is 0 Å². The van der Waals surface area contributed by atoms with Gasteiger partial charge in [-0.3, -0.25) is 10.2 Å². The standard InChI is InChI=1S/C20H25N3O3.ClH/c1-13(2)26-17-10-8-15(9-11-17)18(25-3)20(24)23-12-14-4-6-16(7-5-14)19(21)22;/h4-11,13,18H,12H2,1-3H3,(H3,21,22)(H,23,24);1H/t18-;/m0./s1. The lowest BCUT2D eigenvalue weighted by Gasteiger charge is -2.17. The van der Waals surface area contributed by atoms with Crippen molar-refractivity contribution >= 4 is 24.1 Å². The molecule has 0 spiro atoms. The highest BCUT2D eigenvalue weighted by atomic mass is 35.5. The summed E-state index contributed by atoms with van der Waals surface area (Å²) in [6.45, 7) is 4.29. The van der Waals surface area contributed by atoms with Crippen molar-refractivity contribution < 1.29 is 14.3 Å². The van der Waals surface area contributed by atoms with Crippen molar-refractivity contribution in [1.82, 2.24) is 5.32 Å². The van der Waals surface area contributed by atoms with Gasteiger partial charge in [0.15, 0.2) is 6.10 Å². The molecule has 7 heteroatoms. The summed E-state index contributed by atoms with van der Waals surface area (Å²) < 4.78 is 11.0. The Labute approximate surface area is 166 Å². The first-order chi connectivity index (χ1) is 12.4. The van der Waals surface area contributed by atoms with Crippen LogP contribution in [0, 0.1) is 5.41 Å². The number of ether oxygens (including phenoxy) is 2. The van der Waals surface area contributed by atoms with Gasteiger partial charge in [-0.2, -0.15) is 0 Å². The molecule has 2 rings (SSSR count). The van der Waals surface area contributed by atoms with Crippen LogP contribution in [0.15, 0.2) is 48.5 Å².